The summed E-state index contributed by atoms with van der Waals surface area (Å²) in [5.74, 6) is 0.431. The van der Waals surface area contributed by atoms with E-state index in [4.69, 9.17) is 0 Å². The fourth-order valence-corrected chi connectivity index (χ4v) is 3.19. The first-order valence-electron chi connectivity index (χ1n) is 7.05. The van der Waals surface area contributed by atoms with E-state index in [0.29, 0.717) is 17.6 Å². The minimum Gasteiger partial charge on any atom is -0.301 e. The van der Waals surface area contributed by atoms with Crippen molar-refractivity contribution in [3.8, 4) is 0 Å². The van der Waals surface area contributed by atoms with Crippen molar-refractivity contribution in [2.24, 2.45) is 0 Å². The Bertz CT molecular complexity index is 614. The van der Waals surface area contributed by atoms with Crippen LogP contribution in [0.2, 0.25) is 0 Å². The number of anilines is 1. The number of hydrogen-bond donors (Lipinski definition) is 1. The number of aromatic nitrogens is 2. The van der Waals surface area contributed by atoms with E-state index in [-0.39, 0.29) is 5.91 Å². The Morgan fingerprint density at radius 1 is 1.48 bits per heavy atom. The number of pyridine rings is 1. The first-order chi connectivity index (χ1) is 10.2. The van der Waals surface area contributed by atoms with Gasteiger partial charge in [0.1, 0.15) is 0 Å². The lowest BCUT2D eigenvalue weighted by atomic mass is 10.0. The van der Waals surface area contributed by atoms with Crippen molar-refractivity contribution in [1.29, 1.82) is 0 Å². The van der Waals surface area contributed by atoms with E-state index in [9.17, 15) is 4.79 Å². The first-order valence-corrected chi connectivity index (χ1v) is 7.93. The Balaban J connectivity index is 1.54. The van der Waals surface area contributed by atoms with Gasteiger partial charge in [-0.15, -0.1) is 11.3 Å². The second-order valence-corrected chi connectivity index (χ2v) is 6.26. The van der Waals surface area contributed by atoms with Crippen LogP contribution in [0.4, 0.5) is 5.13 Å². The number of aryl methyl sites for hydroxylation is 1. The first kappa shape index (κ1) is 14.2. The van der Waals surface area contributed by atoms with Gasteiger partial charge in [-0.1, -0.05) is 0 Å². The van der Waals surface area contributed by atoms with Crippen LogP contribution in [-0.4, -0.2) is 40.4 Å². The number of nitrogens with zero attached hydrogens (tertiary/aromatic N) is 3. The highest BCUT2D eigenvalue weighted by atomic mass is 32.1. The molecule has 2 aromatic rings. The van der Waals surface area contributed by atoms with E-state index < -0.39 is 0 Å². The Hall–Kier alpha value is -1.79. The predicted octanol–water partition coefficient (Wildman–Crippen LogP) is 2.27. The maximum Gasteiger partial charge on any atom is 0.240 e. The number of nitrogens with one attached hydrogen (secondary N) is 1. The van der Waals surface area contributed by atoms with Crippen LogP contribution in [0.15, 0.2) is 29.9 Å². The molecule has 0 radical (unpaired) electrons. The topological polar surface area (TPSA) is 58.1 Å². The number of hydrogen-bond acceptors (Lipinski definition) is 5. The highest BCUT2D eigenvalue weighted by Crippen LogP contribution is 2.26. The molecule has 1 amide bonds. The zero-order valence-corrected chi connectivity index (χ0v) is 12.8. The Kier molecular flexibility index (Phi) is 4.26. The maximum atomic E-state index is 12.0. The molecule has 1 fully saturated rings. The van der Waals surface area contributed by atoms with Gasteiger partial charge in [0, 0.05) is 35.9 Å². The Morgan fingerprint density at radius 3 is 3.14 bits per heavy atom. The molecule has 3 heterocycles. The minimum atomic E-state index is 0.00259. The molecule has 5 nitrogen and oxygen atoms in total. The van der Waals surface area contributed by atoms with Gasteiger partial charge in [-0.25, -0.2) is 4.98 Å². The van der Waals surface area contributed by atoms with Crippen LogP contribution in [-0.2, 0) is 4.79 Å². The minimum absolute atomic E-state index is 0.00259. The van der Waals surface area contributed by atoms with Crippen molar-refractivity contribution in [3.63, 3.8) is 0 Å². The van der Waals surface area contributed by atoms with Gasteiger partial charge in [0.05, 0.1) is 6.54 Å². The number of likely N-dealkylation sites (tertiary alicyclic amines) is 1. The average Bonchev–Trinajstić information content (AvgIpc) is 3.10. The van der Waals surface area contributed by atoms with Gasteiger partial charge in [0.25, 0.3) is 0 Å². The second-order valence-electron chi connectivity index (χ2n) is 5.36. The summed E-state index contributed by atoms with van der Waals surface area (Å²) in [7, 11) is 0. The largest absolute Gasteiger partial charge is 0.301 e. The molecule has 2 aromatic heterocycles. The summed E-state index contributed by atoms with van der Waals surface area (Å²) in [4.78, 5) is 22.7. The van der Waals surface area contributed by atoms with Gasteiger partial charge >= 0.3 is 0 Å². The molecule has 0 spiro atoms. The quantitative estimate of drug-likeness (QED) is 0.941. The Morgan fingerprint density at radius 2 is 2.38 bits per heavy atom. The van der Waals surface area contributed by atoms with E-state index in [1.54, 1.807) is 6.20 Å². The van der Waals surface area contributed by atoms with Crippen molar-refractivity contribution < 1.29 is 4.79 Å². The van der Waals surface area contributed by atoms with Gasteiger partial charge in [0.15, 0.2) is 5.13 Å². The molecule has 1 aliphatic heterocycles. The van der Waals surface area contributed by atoms with E-state index in [1.165, 1.54) is 16.9 Å². The summed E-state index contributed by atoms with van der Waals surface area (Å²) in [5, 5.41) is 5.34. The lowest BCUT2D eigenvalue weighted by Gasteiger charge is -2.15. The highest BCUT2D eigenvalue weighted by Gasteiger charge is 2.26. The molecular weight excluding hydrogens is 284 g/mol. The number of carbonyl (C=O) groups is 1. The van der Waals surface area contributed by atoms with E-state index in [2.05, 4.69) is 33.2 Å². The molecule has 0 bridgehead atoms. The predicted molar refractivity (Wildman–Crippen MR) is 83.5 cm³/mol. The molecule has 110 valence electrons. The summed E-state index contributed by atoms with van der Waals surface area (Å²) in [5.41, 5.74) is 2.37. The van der Waals surface area contributed by atoms with Gasteiger partial charge in [-0.3, -0.25) is 14.7 Å². The Labute approximate surface area is 128 Å². The van der Waals surface area contributed by atoms with Crippen LogP contribution in [0, 0.1) is 6.92 Å². The van der Waals surface area contributed by atoms with Crippen molar-refractivity contribution in [3.05, 3.63) is 41.2 Å². The van der Waals surface area contributed by atoms with Gasteiger partial charge in [0.2, 0.25) is 5.91 Å². The normalized spacial score (nSPS) is 18.8. The number of thiazole rings is 1. The molecule has 1 unspecified atom stereocenters. The molecule has 3 rings (SSSR count). The monoisotopic (exact) mass is 302 g/mol. The molecule has 1 N–H and O–H groups in total. The van der Waals surface area contributed by atoms with Crippen molar-refractivity contribution in [2.45, 2.75) is 19.3 Å². The fourth-order valence-electron chi connectivity index (χ4n) is 2.65. The van der Waals surface area contributed by atoms with E-state index in [1.807, 2.05) is 17.6 Å². The number of rotatable bonds is 4. The molecule has 6 heteroatoms. The van der Waals surface area contributed by atoms with Crippen molar-refractivity contribution >= 4 is 22.4 Å². The van der Waals surface area contributed by atoms with E-state index >= 15 is 0 Å². The van der Waals surface area contributed by atoms with Gasteiger partial charge in [-0.05, 0) is 37.6 Å². The summed E-state index contributed by atoms with van der Waals surface area (Å²) in [6.07, 6.45) is 4.61. The smallest absolute Gasteiger partial charge is 0.240 e. The van der Waals surface area contributed by atoms with Gasteiger partial charge in [-0.2, -0.15) is 0 Å². The molecule has 1 saturated heterocycles. The summed E-state index contributed by atoms with van der Waals surface area (Å²) >= 11 is 1.44. The summed E-state index contributed by atoms with van der Waals surface area (Å²) < 4.78 is 0. The summed E-state index contributed by atoms with van der Waals surface area (Å²) in [6.45, 7) is 4.33. The van der Waals surface area contributed by atoms with Crippen LogP contribution >= 0.6 is 11.3 Å². The molecule has 0 saturated carbocycles. The SMILES string of the molecule is Cc1ccnc(C2CCN(CC(=O)Nc3nccs3)C2)c1. The fraction of sp³-hybridized carbons (Fsp3) is 0.400. The molecule has 21 heavy (non-hydrogen) atoms. The summed E-state index contributed by atoms with van der Waals surface area (Å²) in [6, 6.07) is 4.15. The van der Waals surface area contributed by atoms with Crippen LogP contribution in [0.1, 0.15) is 23.6 Å². The molecule has 0 aliphatic carbocycles. The third-order valence-corrected chi connectivity index (χ3v) is 4.36. The second kappa shape index (κ2) is 6.32. The van der Waals surface area contributed by atoms with Crippen LogP contribution in [0.25, 0.3) is 0 Å². The van der Waals surface area contributed by atoms with Crippen LogP contribution in [0.3, 0.4) is 0 Å². The highest BCUT2D eigenvalue weighted by molar-refractivity contribution is 7.13. The average molecular weight is 302 g/mol. The molecular formula is C15H18N4OS. The zero-order valence-electron chi connectivity index (χ0n) is 12.0. The van der Waals surface area contributed by atoms with Crippen LogP contribution in [0.5, 0.6) is 0 Å². The lowest BCUT2D eigenvalue weighted by Crippen LogP contribution is -2.31. The third kappa shape index (κ3) is 3.65. The number of carbonyl (C=O) groups excluding carboxylic acids is 1. The van der Waals surface area contributed by atoms with Crippen LogP contribution < -0.4 is 5.32 Å². The lowest BCUT2D eigenvalue weighted by molar-refractivity contribution is -0.117. The zero-order chi connectivity index (χ0) is 14.7. The standard InChI is InChI=1S/C15H18N4OS/c1-11-2-4-16-13(8-11)12-3-6-19(9-12)10-14(20)18-15-17-5-7-21-15/h2,4-5,7-8,12H,3,6,9-10H2,1H3,(H,17,18,20). The van der Waals surface area contributed by atoms with Crippen molar-refractivity contribution in [1.82, 2.24) is 14.9 Å². The molecule has 1 aliphatic rings. The van der Waals surface area contributed by atoms with E-state index in [0.717, 1.165) is 25.2 Å². The number of amides is 1. The molecule has 0 aromatic carbocycles. The maximum absolute atomic E-state index is 12.0. The van der Waals surface area contributed by atoms with Gasteiger partial charge < -0.3 is 5.32 Å². The third-order valence-electron chi connectivity index (χ3n) is 3.67. The van der Waals surface area contributed by atoms with Crippen molar-refractivity contribution in [2.75, 3.05) is 25.0 Å². The molecule has 1 atom stereocenters.